The molecule has 2 amide bonds. The number of amides is 2. The van der Waals surface area contributed by atoms with Crippen molar-refractivity contribution in [2.24, 2.45) is 0 Å². The fourth-order valence-corrected chi connectivity index (χ4v) is 1.26. The average Bonchev–Trinajstić information content (AvgIpc) is 2.37. The summed E-state index contributed by atoms with van der Waals surface area (Å²) in [6.07, 6.45) is 3.71. The molecule has 0 fully saturated rings. The molecular weight excluding hydrogens is 136 g/mol. The van der Waals surface area contributed by atoms with Crippen LogP contribution in [0.3, 0.4) is 0 Å². The first-order valence-electron chi connectivity index (χ1n) is 2.65. The maximum atomic E-state index is 10.8. The molecular formula is C5H8N2OS. The van der Waals surface area contributed by atoms with Gasteiger partial charge in [0.1, 0.15) is 0 Å². The molecule has 0 aromatic rings. The molecule has 0 saturated carbocycles. The molecule has 0 radical (unpaired) electrons. The Bertz CT molecular complexity index is 146. The van der Waals surface area contributed by atoms with Crippen LogP contribution >= 0.6 is 11.9 Å². The minimum Gasteiger partial charge on any atom is -0.340 e. The largest absolute Gasteiger partial charge is 0.340 e. The molecule has 3 nitrogen and oxygen atoms in total. The van der Waals surface area contributed by atoms with E-state index in [-0.39, 0.29) is 6.03 Å². The molecule has 1 aliphatic rings. The van der Waals surface area contributed by atoms with Crippen LogP contribution in [0.25, 0.3) is 0 Å². The maximum absolute atomic E-state index is 10.8. The maximum Gasteiger partial charge on any atom is 0.331 e. The predicted molar refractivity (Wildman–Crippen MR) is 37.9 cm³/mol. The van der Waals surface area contributed by atoms with Crippen molar-refractivity contribution in [2.45, 2.75) is 0 Å². The third-order valence-electron chi connectivity index (χ3n) is 0.965. The third kappa shape index (κ3) is 1.38. The van der Waals surface area contributed by atoms with Crippen LogP contribution in [0.1, 0.15) is 0 Å². The molecule has 0 aliphatic carbocycles. The monoisotopic (exact) mass is 144 g/mol. The van der Waals surface area contributed by atoms with E-state index in [1.54, 1.807) is 17.6 Å². The summed E-state index contributed by atoms with van der Waals surface area (Å²) in [5.74, 6) is 0.896. The van der Waals surface area contributed by atoms with Crippen molar-refractivity contribution < 1.29 is 4.79 Å². The topological polar surface area (TPSA) is 32.3 Å². The van der Waals surface area contributed by atoms with Crippen molar-refractivity contribution in [1.29, 1.82) is 0 Å². The highest BCUT2D eigenvalue weighted by Crippen LogP contribution is 2.16. The number of carbonyl (C=O) groups excluding carboxylic acids is 1. The molecule has 4 heteroatoms. The summed E-state index contributed by atoms with van der Waals surface area (Å²) in [5, 5.41) is 2.52. The number of hydrogen-bond acceptors (Lipinski definition) is 2. The Morgan fingerprint density at radius 1 is 1.89 bits per heavy atom. The van der Waals surface area contributed by atoms with E-state index in [9.17, 15) is 4.79 Å². The van der Waals surface area contributed by atoms with E-state index < -0.39 is 0 Å². The Hall–Kier alpha value is -0.640. The Labute approximate surface area is 58.2 Å². The minimum absolute atomic E-state index is 0.0613. The summed E-state index contributed by atoms with van der Waals surface area (Å²) in [6, 6.07) is -0.0613. The molecule has 0 bridgehead atoms. The van der Waals surface area contributed by atoms with Crippen LogP contribution in [0.4, 0.5) is 4.79 Å². The standard InChI is InChI=1S/C5H8N2OS/c1-6-5(8)7-3-2-4-9-7/h2-3H,4H2,1H3,(H,6,8). The lowest BCUT2D eigenvalue weighted by molar-refractivity contribution is 0.236. The van der Waals surface area contributed by atoms with Crippen LogP contribution in [0.15, 0.2) is 12.3 Å². The van der Waals surface area contributed by atoms with Crippen LogP contribution in [-0.2, 0) is 0 Å². The predicted octanol–water partition coefficient (Wildman–Crippen LogP) is 0.803. The van der Waals surface area contributed by atoms with E-state index in [2.05, 4.69) is 5.32 Å². The molecule has 0 unspecified atom stereocenters. The van der Waals surface area contributed by atoms with Gasteiger partial charge in [-0.05, 0) is 11.9 Å². The lowest BCUT2D eigenvalue weighted by Crippen LogP contribution is -2.27. The molecule has 9 heavy (non-hydrogen) atoms. The summed E-state index contributed by atoms with van der Waals surface area (Å²) in [7, 11) is 1.62. The average molecular weight is 144 g/mol. The van der Waals surface area contributed by atoms with Crippen LogP contribution in [0.5, 0.6) is 0 Å². The lowest BCUT2D eigenvalue weighted by atomic mass is 10.7. The zero-order chi connectivity index (χ0) is 6.69. The Balaban J connectivity index is 2.43. The van der Waals surface area contributed by atoms with E-state index in [0.717, 1.165) is 5.75 Å². The molecule has 0 saturated heterocycles. The van der Waals surface area contributed by atoms with Crippen molar-refractivity contribution in [3.05, 3.63) is 12.3 Å². The number of urea groups is 1. The Kier molecular flexibility index (Phi) is 2.00. The quantitative estimate of drug-likeness (QED) is 0.510. The van der Waals surface area contributed by atoms with Gasteiger partial charge in [-0.15, -0.1) is 0 Å². The molecule has 0 aromatic carbocycles. The van der Waals surface area contributed by atoms with E-state index in [1.807, 2.05) is 6.08 Å². The van der Waals surface area contributed by atoms with Gasteiger partial charge in [0.05, 0.1) is 0 Å². The van der Waals surface area contributed by atoms with Crippen LogP contribution < -0.4 is 5.32 Å². The SMILES string of the molecule is CNC(=O)N1C=CCS1. The second kappa shape index (κ2) is 2.77. The highest BCUT2D eigenvalue weighted by Gasteiger charge is 2.11. The summed E-state index contributed by atoms with van der Waals surface area (Å²) in [4.78, 5) is 10.8. The molecule has 1 rings (SSSR count). The van der Waals surface area contributed by atoms with Crippen molar-refractivity contribution in [3.63, 3.8) is 0 Å². The Morgan fingerprint density at radius 2 is 2.67 bits per heavy atom. The zero-order valence-corrected chi connectivity index (χ0v) is 5.94. The fraction of sp³-hybridized carbons (Fsp3) is 0.400. The molecule has 0 aromatic heterocycles. The van der Waals surface area contributed by atoms with Crippen molar-refractivity contribution in [1.82, 2.24) is 9.62 Å². The minimum atomic E-state index is -0.0613. The van der Waals surface area contributed by atoms with Crippen molar-refractivity contribution in [3.8, 4) is 0 Å². The van der Waals surface area contributed by atoms with E-state index in [1.165, 1.54) is 11.9 Å². The van der Waals surface area contributed by atoms with E-state index in [4.69, 9.17) is 0 Å². The van der Waals surface area contributed by atoms with Gasteiger partial charge in [0, 0.05) is 19.0 Å². The van der Waals surface area contributed by atoms with Crippen molar-refractivity contribution in [2.75, 3.05) is 12.8 Å². The molecule has 0 atom stereocenters. The van der Waals surface area contributed by atoms with Crippen LogP contribution in [0.2, 0.25) is 0 Å². The summed E-state index contributed by atoms with van der Waals surface area (Å²) in [5.41, 5.74) is 0. The van der Waals surface area contributed by atoms with Gasteiger partial charge < -0.3 is 5.32 Å². The van der Waals surface area contributed by atoms with Gasteiger partial charge in [0.2, 0.25) is 0 Å². The Morgan fingerprint density at radius 3 is 3.11 bits per heavy atom. The van der Waals surface area contributed by atoms with E-state index in [0.29, 0.717) is 0 Å². The van der Waals surface area contributed by atoms with Gasteiger partial charge in [-0.1, -0.05) is 6.08 Å². The summed E-state index contributed by atoms with van der Waals surface area (Å²) >= 11 is 1.49. The second-order valence-electron chi connectivity index (χ2n) is 1.56. The molecule has 1 heterocycles. The van der Waals surface area contributed by atoms with Gasteiger partial charge in [0.25, 0.3) is 0 Å². The number of rotatable bonds is 0. The first-order chi connectivity index (χ1) is 4.34. The van der Waals surface area contributed by atoms with Crippen LogP contribution in [-0.4, -0.2) is 23.1 Å². The third-order valence-corrected chi connectivity index (χ3v) is 1.87. The number of nitrogens with one attached hydrogen (secondary N) is 1. The number of carbonyl (C=O) groups is 1. The summed E-state index contributed by atoms with van der Waals surface area (Å²) in [6.45, 7) is 0. The smallest absolute Gasteiger partial charge is 0.331 e. The van der Waals surface area contributed by atoms with E-state index >= 15 is 0 Å². The first-order valence-corrected chi connectivity index (χ1v) is 3.59. The normalized spacial score (nSPS) is 16.3. The van der Waals surface area contributed by atoms with Gasteiger partial charge in [-0.25, -0.2) is 9.10 Å². The molecule has 1 N–H and O–H groups in total. The molecule has 1 aliphatic heterocycles. The number of nitrogens with zero attached hydrogens (tertiary/aromatic N) is 1. The number of hydrogen-bond donors (Lipinski definition) is 1. The first kappa shape index (κ1) is 6.48. The zero-order valence-electron chi connectivity index (χ0n) is 5.13. The highest BCUT2D eigenvalue weighted by atomic mass is 32.2. The summed E-state index contributed by atoms with van der Waals surface area (Å²) < 4.78 is 1.57. The van der Waals surface area contributed by atoms with Gasteiger partial charge in [-0.2, -0.15) is 0 Å². The van der Waals surface area contributed by atoms with Gasteiger partial charge >= 0.3 is 6.03 Å². The van der Waals surface area contributed by atoms with Gasteiger partial charge in [-0.3, -0.25) is 0 Å². The van der Waals surface area contributed by atoms with Crippen LogP contribution in [0, 0.1) is 0 Å². The van der Waals surface area contributed by atoms with Crippen molar-refractivity contribution >= 4 is 18.0 Å². The van der Waals surface area contributed by atoms with Gasteiger partial charge in [0.15, 0.2) is 0 Å². The molecule has 0 spiro atoms. The second-order valence-corrected chi connectivity index (χ2v) is 2.55. The highest BCUT2D eigenvalue weighted by molar-refractivity contribution is 7.98. The lowest BCUT2D eigenvalue weighted by Gasteiger charge is -2.09. The fourth-order valence-electron chi connectivity index (χ4n) is 0.542. The molecule has 50 valence electrons.